The number of esters is 1. The first-order chi connectivity index (χ1) is 12.0. The average Bonchev–Trinajstić information content (AvgIpc) is 2.60. The zero-order valence-electron chi connectivity index (χ0n) is 14.1. The van der Waals surface area contributed by atoms with Crippen LogP contribution in [0.1, 0.15) is 11.1 Å². The van der Waals surface area contributed by atoms with E-state index in [1.54, 1.807) is 24.3 Å². The lowest BCUT2D eigenvalue weighted by Crippen LogP contribution is -2.11. The molecule has 0 aliphatic rings. The average molecular weight is 344 g/mol. The number of aliphatic hydroxyl groups excluding tert-OH is 1. The number of ether oxygens (including phenoxy) is 2. The number of aryl methyl sites for hydroxylation is 1. The molecule has 2 rings (SSSR count). The first-order valence-electron chi connectivity index (χ1n) is 7.97. The van der Waals surface area contributed by atoms with Gasteiger partial charge in [0, 0.05) is 18.2 Å². The molecule has 0 aliphatic carbocycles. The number of halogens is 1. The number of hydrogen-bond donors (Lipinski definition) is 1. The third-order valence-corrected chi connectivity index (χ3v) is 3.64. The monoisotopic (exact) mass is 344 g/mol. The first-order valence-corrected chi connectivity index (χ1v) is 7.97. The van der Waals surface area contributed by atoms with Gasteiger partial charge in [-0.3, -0.25) is 0 Å². The van der Waals surface area contributed by atoms with Crippen molar-refractivity contribution >= 4 is 5.97 Å². The lowest BCUT2D eigenvalue weighted by molar-refractivity contribution is -0.138. The van der Waals surface area contributed by atoms with Crippen LogP contribution in [0, 0.1) is 12.7 Å². The van der Waals surface area contributed by atoms with Gasteiger partial charge in [0.1, 0.15) is 24.8 Å². The van der Waals surface area contributed by atoms with Crippen LogP contribution in [-0.2, 0) is 16.0 Å². The highest BCUT2D eigenvalue weighted by Gasteiger charge is 2.10. The molecule has 2 aromatic rings. The quantitative estimate of drug-likeness (QED) is 0.453. The zero-order chi connectivity index (χ0) is 18.2. The Hall–Kier alpha value is -2.66. The number of carbonyl (C=O) groups excluding carboxylic acids is 1. The van der Waals surface area contributed by atoms with Gasteiger partial charge in [0.05, 0.1) is 0 Å². The summed E-state index contributed by atoms with van der Waals surface area (Å²) in [5.41, 5.74) is 2.80. The molecule has 0 saturated heterocycles. The number of aliphatic hydroxyl groups is 1. The Bertz CT molecular complexity index is 755. The maximum Gasteiger partial charge on any atom is 0.330 e. The topological polar surface area (TPSA) is 55.8 Å². The molecule has 0 spiro atoms. The normalized spacial score (nSPS) is 10.4. The Kier molecular flexibility index (Phi) is 6.71. The molecule has 4 nitrogen and oxygen atoms in total. The molecule has 0 amide bonds. The molecule has 0 saturated carbocycles. The van der Waals surface area contributed by atoms with E-state index in [4.69, 9.17) is 9.47 Å². The Balaban J connectivity index is 2.20. The molecule has 5 heteroatoms. The van der Waals surface area contributed by atoms with Crippen molar-refractivity contribution < 1.29 is 23.8 Å². The second kappa shape index (κ2) is 8.99. The molecular formula is C20H21FO4. The molecule has 0 aromatic heterocycles. The van der Waals surface area contributed by atoms with E-state index in [1.165, 1.54) is 6.07 Å². The molecule has 0 fully saturated rings. The second-order valence-corrected chi connectivity index (χ2v) is 5.50. The van der Waals surface area contributed by atoms with Crippen molar-refractivity contribution in [2.75, 3.05) is 19.8 Å². The Morgan fingerprint density at radius 3 is 2.72 bits per heavy atom. The lowest BCUT2D eigenvalue weighted by atomic mass is 10.0. The minimum absolute atomic E-state index is 0.0277. The third kappa shape index (κ3) is 5.16. The largest absolute Gasteiger partial charge is 0.490 e. The van der Waals surface area contributed by atoms with Crippen molar-refractivity contribution in [3.63, 3.8) is 0 Å². The number of carbonyl (C=O) groups is 1. The summed E-state index contributed by atoms with van der Waals surface area (Å²) in [6, 6.07) is 10.4. The fourth-order valence-corrected chi connectivity index (χ4v) is 2.39. The van der Waals surface area contributed by atoms with Crippen LogP contribution in [0.5, 0.6) is 5.75 Å². The standard InChI is InChI=1S/C20H21FO4/c1-3-20(23)25-11-10-24-19-13-16(6-5-15(19)8-9-22)17-7-4-14(2)12-18(17)21/h3-7,12-13,22H,1,8-11H2,2H3. The van der Waals surface area contributed by atoms with Gasteiger partial charge in [0.2, 0.25) is 0 Å². The van der Waals surface area contributed by atoms with Gasteiger partial charge in [-0.05, 0) is 42.2 Å². The summed E-state index contributed by atoms with van der Waals surface area (Å²) in [6.07, 6.45) is 1.50. The summed E-state index contributed by atoms with van der Waals surface area (Å²) in [5, 5.41) is 9.19. The molecule has 0 aliphatic heterocycles. The fourth-order valence-electron chi connectivity index (χ4n) is 2.39. The van der Waals surface area contributed by atoms with Crippen LogP contribution in [-0.4, -0.2) is 30.9 Å². The molecule has 0 heterocycles. The molecule has 25 heavy (non-hydrogen) atoms. The van der Waals surface area contributed by atoms with Gasteiger partial charge < -0.3 is 14.6 Å². The smallest absolute Gasteiger partial charge is 0.330 e. The molecule has 2 aromatic carbocycles. The van der Waals surface area contributed by atoms with Crippen LogP contribution in [0.3, 0.4) is 0 Å². The first kappa shape index (κ1) is 18.7. The predicted molar refractivity (Wildman–Crippen MR) is 94.0 cm³/mol. The van der Waals surface area contributed by atoms with Crippen LogP contribution in [0.4, 0.5) is 4.39 Å². The van der Waals surface area contributed by atoms with E-state index in [9.17, 15) is 14.3 Å². The van der Waals surface area contributed by atoms with Crippen molar-refractivity contribution in [1.29, 1.82) is 0 Å². The van der Waals surface area contributed by atoms with Crippen LogP contribution >= 0.6 is 0 Å². The van der Waals surface area contributed by atoms with Gasteiger partial charge >= 0.3 is 5.97 Å². The SMILES string of the molecule is C=CC(=O)OCCOc1cc(-c2ccc(C)cc2F)ccc1CCO. The summed E-state index contributed by atoms with van der Waals surface area (Å²) in [5.74, 6) is -0.295. The maximum absolute atomic E-state index is 14.2. The summed E-state index contributed by atoms with van der Waals surface area (Å²) in [7, 11) is 0. The van der Waals surface area contributed by atoms with Gasteiger partial charge in [-0.15, -0.1) is 0 Å². The van der Waals surface area contributed by atoms with E-state index in [2.05, 4.69) is 6.58 Å². The van der Waals surface area contributed by atoms with Gasteiger partial charge in [0.15, 0.2) is 0 Å². The molecular weight excluding hydrogens is 323 g/mol. The highest BCUT2D eigenvalue weighted by Crippen LogP contribution is 2.30. The summed E-state index contributed by atoms with van der Waals surface area (Å²) in [4.78, 5) is 11.0. The Morgan fingerprint density at radius 1 is 1.24 bits per heavy atom. The van der Waals surface area contributed by atoms with Gasteiger partial charge in [-0.2, -0.15) is 0 Å². The summed E-state index contributed by atoms with van der Waals surface area (Å²) in [6.45, 7) is 5.35. The van der Waals surface area contributed by atoms with Crippen LogP contribution in [0.2, 0.25) is 0 Å². The Morgan fingerprint density at radius 2 is 2.04 bits per heavy atom. The zero-order valence-corrected chi connectivity index (χ0v) is 14.1. The van der Waals surface area contributed by atoms with Crippen molar-refractivity contribution in [2.45, 2.75) is 13.3 Å². The number of rotatable bonds is 8. The van der Waals surface area contributed by atoms with E-state index < -0.39 is 5.97 Å². The predicted octanol–water partition coefficient (Wildman–Crippen LogP) is 3.44. The van der Waals surface area contributed by atoms with E-state index >= 15 is 0 Å². The highest BCUT2D eigenvalue weighted by atomic mass is 19.1. The molecule has 0 radical (unpaired) electrons. The van der Waals surface area contributed by atoms with E-state index in [0.29, 0.717) is 23.3 Å². The summed E-state index contributed by atoms with van der Waals surface area (Å²) >= 11 is 0. The van der Waals surface area contributed by atoms with Crippen LogP contribution < -0.4 is 4.74 Å². The minimum Gasteiger partial charge on any atom is -0.490 e. The third-order valence-electron chi connectivity index (χ3n) is 3.64. The van der Waals surface area contributed by atoms with E-state index in [-0.39, 0.29) is 25.6 Å². The maximum atomic E-state index is 14.2. The lowest BCUT2D eigenvalue weighted by Gasteiger charge is -2.13. The van der Waals surface area contributed by atoms with Gasteiger partial charge in [-0.1, -0.05) is 30.8 Å². The van der Waals surface area contributed by atoms with Gasteiger partial charge in [0.25, 0.3) is 0 Å². The number of hydrogen-bond acceptors (Lipinski definition) is 4. The van der Waals surface area contributed by atoms with Gasteiger partial charge in [-0.25, -0.2) is 9.18 Å². The van der Waals surface area contributed by atoms with E-state index in [1.807, 2.05) is 13.0 Å². The molecule has 0 bridgehead atoms. The minimum atomic E-state index is -0.519. The molecule has 1 N–H and O–H groups in total. The van der Waals surface area contributed by atoms with E-state index in [0.717, 1.165) is 17.2 Å². The second-order valence-electron chi connectivity index (χ2n) is 5.50. The van der Waals surface area contributed by atoms with Crippen LogP contribution in [0.25, 0.3) is 11.1 Å². The van der Waals surface area contributed by atoms with Crippen molar-refractivity contribution in [1.82, 2.24) is 0 Å². The van der Waals surface area contributed by atoms with Crippen molar-refractivity contribution in [3.8, 4) is 16.9 Å². The Labute approximate surface area is 146 Å². The molecule has 132 valence electrons. The van der Waals surface area contributed by atoms with Crippen molar-refractivity contribution in [3.05, 3.63) is 66.0 Å². The molecule has 0 atom stereocenters. The fraction of sp³-hybridized carbons (Fsp3) is 0.250. The highest BCUT2D eigenvalue weighted by molar-refractivity contribution is 5.81. The molecule has 0 unspecified atom stereocenters. The van der Waals surface area contributed by atoms with Crippen LogP contribution in [0.15, 0.2) is 49.1 Å². The number of benzene rings is 2. The van der Waals surface area contributed by atoms with Crippen molar-refractivity contribution in [2.24, 2.45) is 0 Å². The summed E-state index contributed by atoms with van der Waals surface area (Å²) < 4.78 is 24.7.